The Morgan fingerprint density at radius 2 is 1.85 bits per heavy atom. The molecule has 3 aromatic rings. The molecule has 132 valence electrons. The van der Waals surface area contributed by atoms with Gasteiger partial charge in [-0.3, -0.25) is 4.79 Å². The predicted molar refractivity (Wildman–Crippen MR) is 94.2 cm³/mol. The number of methoxy groups -OCH3 is 2. The van der Waals surface area contributed by atoms with Crippen LogP contribution in [0.4, 0.5) is 5.69 Å². The number of hydrogen-bond acceptors (Lipinski definition) is 6. The Balaban J connectivity index is 1.83. The van der Waals surface area contributed by atoms with Gasteiger partial charge < -0.3 is 19.3 Å². The zero-order chi connectivity index (χ0) is 18.5. The van der Waals surface area contributed by atoms with Crippen LogP contribution in [-0.4, -0.2) is 31.3 Å². The van der Waals surface area contributed by atoms with Crippen LogP contribution in [0.15, 0.2) is 59.3 Å². The lowest BCUT2D eigenvalue weighted by Crippen LogP contribution is -2.12. The molecule has 2 aromatic carbocycles. The number of benzene rings is 2. The van der Waals surface area contributed by atoms with Crippen molar-refractivity contribution in [3.63, 3.8) is 0 Å². The number of anilines is 1. The van der Waals surface area contributed by atoms with Crippen molar-refractivity contribution in [3.05, 3.63) is 65.9 Å². The molecule has 0 aliphatic rings. The van der Waals surface area contributed by atoms with Gasteiger partial charge in [0.25, 0.3) is 5.91 Å². The molecule has 3 rings (SSSR count). The number of ether oxygens (including phenoxy) is 2. The summed E-state index contributed by atoms with van der Waals surface area (Å²) in [7, 11) is 2.87. The van der Waals surface area contributed by atoms with Crippen molar-refractivity contribution in [1.82, 2.24) is 5.16 Å². The summed E-state index contributed by atoms with van der Waals surface area (Å²) >= 11 is 0. The van der Waals surface area contributed by atoms with Crippen LogP contribution in [0.3, 0.4) is 0 Å². The van der Waals surface area contributed by atoms with Crippen LogP contribution in [0.2, 0.25) is 0 Å². The zero-order valence-corrected chi connectivity index (χ0v) is 14.2. The first kappa shape index (κ1) is 17.2. The van der Waals surface area contributed by atoms with E-state index in [1.165, 1.54) is 19.4 Å². The molecular weight excluding hydrogens is 336 g/mol. The fourth-order valence-electron chi connectivity index (χ4n) is 2.39. The molecule has 1 heterocycles. The summed E-state index contributed by atoms with van der Waals surface area (Å²) in [4.78, 5) is 24.2. The minimum absolute atomic E-state index is 0.277. The van der Waals surface area contributed by atoms with E-state index < -0.39 is 11.9 Å². The van der Waals surface area contributed by atoms with Crippen molar-refractivity contribution in [1.29, 1.82) is 0 Å². The van der Waals surface area contributed by atoms with E-state index in [1.54, 1.807) is 49.6 Å². The smallest absolute Gasteiger partial charge is 0.337 e. The minimum Gasteiger partial charge on any atom is -0.497 e. The molecule has 0 radical (unpaired) electrons. The highest BCUT2D eigenvalue weighted by atomic mass is 16.5. The molecule has 0 aliphatic heterocycles. The van der Waals surface area contributed by atoms with Gasteiger partial charge in [-0.2, -0.15) is 0 Å². The third-order valence-electron chi connectivity index (χ3n) is 3.71. The fraction of sp³-hybridized carbons (Fsp3) is 0.105. The Kier molecular flexibility index (Phi) is 4.98. The second-order valence-corrected chi connectivity index (χ2v) is 5.32. The highest BCUT2D eigenvalue weighted by Gasteiger charge is 2.18. The fourth-order valence-corrected chi connectivity index (χ4v) is 2.39. The summed E-state index contributed by atoms with van der Waals surface area (Å²) in [5.74, 6) is 0.150. The Morgan fingerprint density at radius 1 is 1.08 bits per heavy atom. The number of amides is 1. The molecule has 0 spiro atoms. The van der Waals surface area contributed by atoms with Gasteiger partial charge in [0, 0.05) is 11.3 Å². The normalized spacial score (nSPS) is 10.2. The number of aromatic nitrogens is 1. The first-order chi connectivity index (χ1) is 12.6. The third kappa shape index (κ3) is 3.56. The van der Waals surface area contributed by atoms with Gasteiger partial charge in [-0.05, 0) is 42.5 Å². The molecule has 1 amide bonds. The average Bonchev–Trinajstić information content (AvgIpc) is 3.17. The van der Waals surface area contributed by atoms with Gasteiger partial charge in [-0.25, -0.2) is 4.79 Å². The molecule has 0 saturated heterocycles. The van der Waals surface area contributed by atoms with E-state index in [9.17, 15) is 9.59 Å². The van der Waals surface area contributed by atoms with E-state index in [1.807, 2.05) is 0 Å². The number of carbonyl (C=O) groups excluding carboxylic acids is 2. The summed E-state index contributed by atoms with van der Waals surface area (Å²) in [6, 6.07) is 13.5. The van der Waals surface area contributed by atoms with Crippen molar-refractivity contribution in [2.45, 2.75) is 0 Å². The van der Waals surface area contributed by atoms with Crippen molar-refractivity contribution < 1.29 is 23.6 Å². The Labute approximate surface area is 149 Å². The zero-order valence-electron chi connectivity index (χ0n) is 14.2. The number of carbonyl (C=O) groups is 2. The molecule has 26 heavy (non-hydrogen) atoms. The lowest BCUT2D eigenvalue weighted by atomic mass is 10.1. The molecule has 0 unspecified atom stereocenters. The van der Waals surface area contributed by atoms with Crippen molar-refractivity contribution in [2.75, 3.05) is 19.5 Å². The molecule has 0 aliphatic carbocycles. The third-order valence-corrected chi connectivity index (χ3v) is 3.71. The average molecular weight is 352 g/mol. The summed E-state index contributed by atoms with van der Waals surface area (Å²) in [6.07, 6.45) is 1.35. The SMILES string of the molecule is COC(=O)c1cccc(NC(=O)c2cnoc2-c2ccc(OC)cc2)c1. The topological polar surface area (TPSA) is 90.7 Å². The quantitative estimate of drug-likeness (QED) is 0.708. The molecule has 1 N–H and O–H groups in total. The molecular formula is C19H16N2O5. The van der Waals surface area contributed by atoms with E-state index >= 15 is 0 Å². The van der Waals surface area contributed by atoms with E-state index in [0.717, 1.165) is 0 Å². The molecule has 0 bridgehead atoms. The lowest BCUT2D eigenvalue weighted by molar-refractivity contribution is 0.0600. The maximum atomic E-state index is 12.6. The van der Waals surface area contributed by atoms with Gasteiger partial charge in [0.15, 0.2) is 5.76 Å². The van der Waals surface area contributed by atoms with Gasteiger partial charge in [0.2, 0.25) is 0 Å². The van der Waals surface area contributed by atoms with E-state index in [0.29, 0.717) is 28.3 Å². The first-order valence-corrected chi connectivity index (χ1v) is 7.71. The standard InChI is InChI=1S/C19H16N2O5/c1-24-15-8-6-12(7-9-15)17-16(11-20-26-17)18(22)21-14-5-3-4-13(10-14)19(23)25-2/h3-11H,1-2H3,(H,21,22). The van der Waals surface area contributed by atoms with Gasteiger partial charge in [-0.1, -0.05) is 11.2 Å². The van der Waals surface area contributed by atoms with Gasteiger partial charge >= 0.3 is 5.97 Å². The van der Waals surface area contributed by atoms with E-state index in [4.69, 9.17) is 9.26 Å². The highest BCUT2D eigenvalue weighted by molar-refractivity contribution is 6.08. The largest absolute Gasteiger partial charge is 0.497 e. The number of nitrogens with one attached hydrogen (secondary N) is 1. The molecule has 7 heteroatoms. The number of esters is 1. The van der Waals surface area contributed by atoms with Crippen LogP contribution in [0.1, 0.15) is 20.7 Å². The van der Waals surface area contributed by atoms with E-state index in [-0.39, 0.29) is 5.56 Å². The lowest BCUT2D eigenvalue weighted by Gasteiger charge is -2.07. The summed E-state index contributed by atoms with van der Waals surface area (Å²) in [6.45, 7) is 0. The van der Waals surface area contributed by atoms with Crippen molar-refractivity contribution >= 4 is 17.6 Å². The molecule has 0 atom stereocenters. The Bertz CT molecular complexity index is 931. The van der Waals surface area contributed by atoms with Crippen LogP contribution in [-0.2, 0) is 4.74 Å². The number of nitrogens with zero attached hydrogens (tertiary/aromatic N) is 1. The molecule has 7 nitrogen and oxygen atoms in total. The Morgan fingerprint density at radius 3 is 2.54 bits per heavy atom. The molecule has 0 saturated carbocycles. The van der Waals surface area contributed by atoms with Crippen LogP contribution in [0.5, 0.6) is 5.75 Å². The maximum Gasteiger partial charge on any atom is 0.337 e. The van der Waals surface area contributed by atoms with Crippen LogP contribution < -0.4 is 10.1 Å². The highest BCUT2D eigenvalue weighted by Crippen LogP contribution is 2.26. The van der Waals surface area contributed by atoms with Crippen molar-refractivity contribution in [2.24, 2.45) is 0 Å². The second kappa shape index (κ2) is 7.52. The van der Waals surface area contributed by atoms with Crippen LogP contribution >= 0.6 is 0 Å². The van der Waals surface area contributed by atoms with Crippen molar-refractivity contribution in [3.8, 4) is 17.1 Å². The Hall–Kier alpha value is -3.61. The monoisotopic (exact) mass is 352 g/mol. The number of hydrogen-bond donors (Lipinski definition) is 1. The summed E-state index contributed by atoms with van der Waals surface area (Å²) in [5.41, 5.74) is 1.76. The molecule has 0 fully saturated rings. The number of rotatable bonds is 5. The summed E-state index contributed by atoms with van der Waals surface area (Å²) in [5, 5.41) is 6.45. The minimum atomic E-state index is -0.481. The second-order valence-electron chi connectivity index (χ2n) is 5.32. The van der Waals surface area contributed by atoms with Gasteiger partial charge in [0.1, 0.15) is 11.3 Å². The maximum absolute atomic E-state index is 12.6. The van der Waals surface area contributed by atoms with Crippen LogP contribution in [0, 0.1) is 0 Å². The van der Waals surface area contributed by atoms with Gasteiger partial charge in [-0.15, -0.1) is 0 Å². The summed E-state index contributed by atoms with van der Waals surface area (Å²) < 4.78 is 15.0. The van der Waals surface area contributed by atoms with Crippen LogP contribution in [0.25, 0.3) is 11.3 Å². The molecule has 1 aromatic heterocycles. The predicted octanol–water partition coefficient (Wildman–Crippen LogP) is 3.39. The van der Waals surface area contributed by atoms with E-state index in [2.05, 4.69) is 15.2 Å². The first-order valence-electron chi connectivity index (χ1n) is 7.71. The van der Waals surface area contributed by atoms with Gasteiger partial charge in [0.05, 0.1) is 26.0 Å².